The van der Waals surface area contributed by atoms with Gasteiger partial charge in [0.25, 0.3) is 0 Å². The summed E-state index contributed by atoms with van der Waals surface area (Å²) in [5.41, 5.74) is 2.26. The molecule has 2 rings (SSSR count). The Morgan fingerprint density at radius 2 is 2.11 bits per heavy atom. The topological polar surface area (TPSA) is 26.7 Å². The molecule has 3 heteroatoms. The van der Waals surface area contributed by atoms with E-state index < -0.39 is 0 Å². The van der Waals surface area contributed by atoms with Gasteiger partial charge in [0, 0.05) is 19.1 Å². The van der Waals surface area contributed by atoms with Crippen LogP contribution in [-0.4, -0.2) is 54.7 Å². The molecule has 1 saturated heterocycles. The number of rotatable bonds is 5. The van der Waals surface area contributed by atoms with E-state index in [0.29, 0.717) is 6.04 Å². The summed E-state index contributed by atoms with van der Waals surface area (Å²) in [6, 6.07) is 8.80. The molecule has 2 atom stereocenters. The van der Waals surface area contributed by atoms with Gasteiger partial charge < -0.3 is 14.9 Å². The minimum absolute atomic E-state index is 0.334. The normalized spacial score (nSPS) is 22.1. The molecule has 3 nitrogen and oxygen atoms in total. The number of likely N-dealkylation sites (N-methyl/N-ethyl adjacent to an activating group) is 1. The molecule has 19 heavy (non-hydrogen) atoms. The molecule has 0 bridgehead atoms. The van der Waals surface area contributed by atoms with Crippen LogP contribution in [0.1, 0.15) is 30.1 Å². The van der Waals surface area contributed by atoms with Crippen LogP contribution in [0, 0.1) is 6.92 Å². The van der Waals surface area contributed by atoms with Crippen molar-refractivity contribution in [1.82, 2.24) is 9.80 Å². The lowest BCUT2D eigenvalue weighted by Gasteiger charge is -2.21. The maximum Gasteiger partial charge on any atom is 0.0804 e. The third kappa shape index (κ3) is 3.78. The monoisotopic (exact) mass is 262 g/mol. The third-order valence-corrected chi connectivity index (χ3v) is 4.24. The Morgan fingerprint density at radius 1 is 1.37 bits per heavy atom. The molecule has 0 amide bonds. The van der Waals surface area contributed by atoms with Gasteiger partial charge >= 0.3 is 0 Å². The summed E-state index contributed by atoms with van der Waals surface area (Å²) >= 11 is 0. The summed E-state index contributed by atoms with van der Waals surface area (Å²) in [7, 11) is 4.30. The van der Waals surface area contributed by atoms with Crippen LogP contribution in [0.25, 0.3) is 0 Å². The second-order valence-corrected chi connectivity index (χ2v) is 5.87. The van der Waals surface area contributed by atoms with Crippen molar-refractivity contribution in [3.8, 4) is 0 Å². The summed E-state index contributed by atoms with van der Waals surface area (Å²) in [6.45, 7) is 5.34. The summed E-state index contributed by atoms with van der Waals surface area (Å²) in [6.07, 6.45) is 1.73. The van der Waals surface area contributed by atoms with Crippen LogP contribution in [-0.2, 0) is 0 Å². The van der Waals surface area contributed by atoms with Crippen molar-refractivity contribution in [3.63, 3.8) is 0 Å². The smallest absolute Gasteiger partial charge is 0.0804 e. The molecule has 1 heterocycles. The van der Waals surface area contributed by atoms with Crippen LogP contribution in [0.2, 0.25) is 0 Å². The fourth-order valence-corrected chi connectivity index (χ4v) is 2.86. The highest BCUT2D eigenvalue weighted by Crippen LogP contribution is 2.22. The Morgan fingerprint density at radius 3 is 2.74 bits per heavy atom. The van der Waals surface area contributed by atoms with Gasteiger partial charge in [0.05, 0.1) is 6.10 Å². The Hall–Kier alpha value is -0.900. The van der Waals surface area contributed by atoms with Gasteiger partial charge in [-0.25, -0.2) is 0 Å². The lowest BCUT2D eigenvalue weighted by atomic mass is 10.0. The van der Waals surface area contributed by atoms with E-state index >= 15 is 0 Å². The van der Waals surface area contributed by atoms with Gasteiger partial charge in [0.1, 0.15) is 0 Å². The predicted molar refractivity (Wildman–Crippen MR) is 79.3 cm³/mol. The SMILES string of the molecule is Cc1ccccc1C(O)CCN1CCC(N(C)C)C1. The first-order chi connectivity index (χ1) is 9.08. The van der Waals surface area contributed by atoms with Crippen LogP contribution in [0.4, 0.5) is 0 Å². The zero-order chi connectivity index (χ0) is 13.8. The van der Waals surface area contributed by atoms with Crippen molar-refractivity contribution in [1.29, 1.82) is 0 Å². The number of hydrogen-bond acceptors (Lipinski definition) is 3. The van der Waals surface area contributed by atoms with Crippen LogP contribution in [0.3, 0.4) is 0 Å². The third-order valence-electron chi connectivity index (χ3n) is 4.24. The largest absolute Gasteiger partial charge is 0.388 e. The van der Waals surface area contributed by atoms with Crippen molar-refractivity contribution in [2.45, 2.75) is 31.9 Å². The van der Waals surface area contributed by atoms with E-state index in [-0.39, 0.29) is 6.10 Å². The number of aryl methyl sites for hydroxylation is 1. The maximum atomic E-state index is 10.3. The van der Waals surface area contributed by atoms with Gasteiger partial charge in [-0.1, -0.05) is 24.3 Å². The minimum atomic E-state index is -0.334. The highest BCUT2D eigenvalue weighted by atomic mass is 16.3. The molecule has 0 aliphatic carbocycles. The van der Waals surface area contributed by atoms with E-state index in [1.165, 1.54) is 12.0 Å². The van der Waals surface area contributed by atoms with Crippen molar-refractivity contribution in [2.75, 3.05) is 33.7 Å². The number of aliphatic hydroxyl groups excluding tert-OH is 1. The molecule has 1 fully saturated rings. The Bertz CT molecular complexity index is 405. The van der Waals surface area contributed by atoms with Gasteiger partial charge in [-0.2, -0.15) is 0 Å². The standard InChI is InChI=1S/C16H26N2O/c1-13-6-4-5-7-15(13)16(19)9-11-18-10-8-14(12-18)17(2)3/h4-7,14,16,19H,8-12H2,1-3H3. The zero-order valence-corrected chi connectivity index (χ0v) is 12.3. The van der Waals surface area contributed by atoms with Gasteiger partial charge in [-0.3, -0.25) is 0 Å². The van der Waals surface area contributed by atoms with E-state index in [1.807, 2.05) is 18.2 Å². The van der Waals surface area contributed by atoms with E-state index in [0.717, 1.165) is 31.6 Å². The average molecular weight is 262 g/mol. The van der Waals surface area contributed by atoms with E-state index in [9.17, 15) is 5.11 Å². The molecule has 0 spiro atoms. The van der Waals surface area contributed by atoms with Gasteiger partial charge in [-0.15, -0.1) is 0 Å². The molecule has 1 aliphatic heterocycles. The molecule has 106 valence electrons. The number of likely N-dealkylation sites (tertiary alicyclic amines) is 1. The Labute approximate surface area is 116 Å². The maximum absolute atomic E-state index is 10.3. The number of hydrogen-bond donors (Lipinski definition) is 1. The molecular weight excluding hydrogens is 236 g/mol. The van der Waals surface area contributed by atoms with Crippen LogP contribution in [0.5, 0.6) is 0 Å². The number of nitrogens with zero attached hydrogens (tertiary/aromatic N) is 2. The average Bonchev–Trinajstić information content (AvgIpc) is 2.85. The fraction of sp³-hybridized carbons (Fsp3) is 0.625. The van der Waals surface area contributed by atoms with Crippen LogP contribution in [0.15, 0.2) is 24.3 Å². The Kier molecular flexibility index (Phi) is 4.97. The van der Waals surface area contributed by atoms with E-state index in [1.54, 1.807) is 0 Å². The zero-order valence-electron chi connectivity index (χ0n) is 12.3. The summed E-state index contributed by atoms with van der Waals surface area (Å²) < 4.78 is 0. The Balaban J connectivity index is 1.82. The van der Waals surface area contributed by atoms with E-state index in [2.05, 4.69) is 36.9 Å². The minimum Gasteiger partial charge on any atom is -0.388 e. The van der Waals surface area contributed by atoms with Crippen molar-refractivity contribution >= 4 is 0 Å². The first-order valence-corrected chi connectivity index (χ1v) is 7.20. The second-order valence-electron chi connectivity index (χ2n) is 5.87. The highest BCUT2D eigenvalue weighted by Gasteiger charge is 2.24. The first-order valence-electron chi connectivity index (χ1n) is 7.20. The van der Waals surface area contributed by atoms with Gasteiger partial charge in [-0.05, 0) is 51.5 Å². The molecule has 0 aromatic heterocycles. The second kappa shape index (κ2) is 6.51. The van der Waals surface area contributed by atoms with Crippen molar-refractivity contribution in [3.05, 3.63) is 35.4 Å². The number of aliphatic hydroxyl groups is 1. The fourth-order valence-electron chi connectivity index (χ4n) is 2.86. The first kappa shape index (κ1) is 14.5. The van der Waals surface area contributed by atoms with Crippen LogP contribution < -0.4 is 0 Å². The number of benzene rings is 1. The van der Waals surface area contributed by atoms with Crippen molar-refractivity contribution < 1.29 is 5.11 Å². The summed E-state index contributed by atoms with van der Waals surface area (Å²) in [5.74, 6) is 0. The lowest BCUT2D eigenvalue weighted by molar-refractivity contribution is 0.146. The molecule has 1 N–H and O–H groups in total. The molecule has 1 aliphatic rings. The molecular formula is C16H26N2O. The highest BCUT2D eigenvalue weighted by molar-refractivity contribution is 5.27. The quantitative estimate of drug-likeness (QED) is 0.880. The molecule has 2 unspecified atom stereocenters. The summed E-state index contributed by atoms with van der Waals surface area (Å²) in [4.78, 5) is 4.77. The van der Waals surface area contributed by atoms with Gasteiger partial charge in [0.2, 0.25) is 0 Å². The molecule has 1 aromatic rings. The molecule has 1 aromatic carbocycles. The lowest BCUT2D eigenvalue weighted by Crippen LogP contribution is -2.32. The van der Waals surface area contributed by atoms with Crippen LogP contribution >= 0.6 is 0 Å². The summed E-state index contributed by atoms with van der Waals surface area (Å²) in [5, 5.41) is 10.3. The van der Waals surface area contributed by atoms with Crippen molar-refractivity contribution in [2.24, 2.45) is 0 Å². The molecule has 0 saturated carbocycles. The predicted octanol–water partition coefficient (Wildman–Crippen LogP) is 2.05. The molecule has 0 radical (unpaired) electrons. The van der Waals surface area contributed by atoms with Gasteiger partial charge in [0.15, 0.2) is 0 Å². The van der Waals surface area contributed by atoms with E-state index in [4.69, 9.17) is 0 Å².